The minimum Gasteiger partial charge on any atom is -0.382 e. The van der Waals surface area contributed by atoms with Gasteiger partial charge in [-0.2, -0.15) is 0 Å². The summed E-state index contributed by atoms with van der Waals surface area (Å²) in [4.78, 5) is 0. The van der Waals surface area contributed by atoms with Gasteiger partial charge in [-0.1, -0.05) is 0 Å². The average molecular weight is 238 g/mol. The molecule has 0 saturated carbocycles. The zero-order valence-electron chi connectivity index (χ0n) is 6.28. The van der Waals surface area contributed by atoms with Gasteiger partial charge >= 0.3 is 6.00 Å². The van der Waals surface area contributed by atoms with Crippen LogP contribution in [0.15, 0.2) is 0 Å². The highest BCUT2D eigenvalue weighted by Gasteiger charge is 2.23. The van der Waals surface area contributed by atoms with E-state index in [9.17, 15) is 0 Å². The Morgan fingerprint density at radius 3 is 2.18 bits per heavy atom. The molecule has 0 heterocycles. The predicted molar refractivity (Wildman–Crippen MR) is 50.8 cm³/mol. The minimum absolute atomic E-state index is 0.506. The second-order valence-corrected chi connectivity index (χ2v) is 11.2. The van der Waals surface area contributed by atoms with Crippen molar-refractivity contribution in [3.05, 3.63) is 0 Å². The maximum Gasteiger partial charge on any atom is 0.343 e. The predicted octanol–water partition coefficient (Wildman–Crippen LogP) is 2.30. The maximum absolute atomic E-state index is 5.60. The summed E-state index contributed by atoms with van der Waals surface area (Å²) in [5.74, 6) is 0. The van der Waals surface area contributed by atoms with Crippen molar-refractivity contribution in [3.63, 3.8) is 0 Å². The molecule has 0 amide bonds. The van der Waals surface area contributed by atoms with Crippen LogP contribution in [-0.4, -0.2) is 32.9 Å². The third-order valence-electron chi connectivity index (χ3n) is 0.962. The van der Waals surface area contributed by atoms with Crippen molar-refractivity contribution >= 4 is 39.2 Å². The maximum atomic E-state index is 5.60. The van der Waals surface area contributed by atoms with Crippen molar-refractivity contribution in [2.24, 2.45) is 0 Å². The van der Waals surface area contributed by atoms with Gasteiger partial charge < -0.3 is 9.47 Å². The van der Waals surface area contributed by atoms with Gasteiger partial charge in [-0.15, -0.1) is 33.2 Å². The molecule has 0 aliphatic heterocycles. The van der Waals surface area contributed by atoms with Crippen molar-refractivity contribution in [1.29, 1.82) is 0 Å². The molecule has 0 aliphatic rings. The first-order valence-corrected chi connectivity index (χ1v) is 8.44. The molecular weight excluding hydrogens is 226 g/mol. The third kappa shape index (κ3) is 11.0. The van der Waals surface area contributed by atoms with Crippen LogP contribution >= 0.6 is 33.2 Å². The number of methoxy groups -OCH3 is 1. The van der Waals surface area contributed by atoms with Crippen LogP contribution in [0.1, 0.15) is 0 Å². The molecule has 0 spiro atoms. The Morgan fingerprint density at radius 1 is 1.09 bits per heavy atom. The third-order valence-corrected chi connectivity index (χ3v) is 3.43. The van der Waals surface area contributed by atoms with E-state index in [1.54, 1.807) is 7.11 Å². The normalized spacial score (nSPS) is 12.0. The van der Waals surface area contributed by atoms with E-state index >= 15 is 0 Å². The van der Waals surface area contributed by atoms with E-state index in [1.807, 2.05) is 0 Å². The van der Waals surface area contributed by atoms with E-state index in [0.29, 0.717) is 25.9 Å². The van der Waals surface area contributed by atoms with Crippen LogP contribution in [0.4, 0.5) is 0 Å². The van der Waals surface area contributed by atoms with Crippen molar-refractivity contribution < 1.29 is 9.47 Å². The fourth-order valence-corrected chi connectivity index (χ4v) is 1.50. The molecule has 0 aromatic carbocycles. The first kappa shape index (κ1) is 12.0. The van der Waals surface area contributed by atoms with E-state index in [-0.39, 0.29) is 0 Å². The summed E-state index contributed by atoms with van der Waals surface area (Å²) >= 11 is 16.8. The molecule has 0 aromatic rings. The summed E-state index contributed by atoms with van der Waals surface area (Å²) < 4.78 is 9.87. The van der Waals surface area contributed by atoms with E-state index in [4.69, 9.17) is 42.7 Å². The molecule has 0 atom stereocenters. The van der Waals surface area contributed by atoms with Crippen LogP contribution in [0.25, 0.3) is 0 Å². The van der Waals surface area contributed by atoms with E-state index in [2.05, 4.69) is 0 Å². The second-order valence-electron chi connectivity index (χ2n) is 1.97. The monoisotopic (exact) mass is 236 g/mol. The molecule has 0 rings (SSSR count). The Bertz CT molecular complexity index is 96.2. The zero-order valence-corrected chi connectivity index (χ0v) is 9.55. The Hall–Kier alpha value is 1.01. The lowest BCUT2D eigenvalue weighted by molar-refractivity contribution is 0.0776. The lowest BCUT2D eigenvalue weighted by Gasteiger charge is -2.07. The lowest BCUT2D eigenvalue weighted by atomic mass is 10.7. The SMILES string of the molecule is COCCOCC[Si](Cl)(Cl)Cl. The lowest BCUT2D eigenvalue weighted by Crippen LogP contribution is -2.13. The zero-order chi connectivity index (χ0) is 8.74. The van der Waals surface area contributed by atoms with E-state index in [1.165, 1.54) is 0 Å². The highest BCUT2D eigenvalue weighted by Crippen LogP contribution is 2.24. The van der Waals surface area contributed by atoms with E-state index < -0.39 is 6.00 Å². The molecule has 0 radical (unpaired) electrons. The summed E-state index contributed by atoms with van der Waals surface area (Å²) in [5.41, 5.74) is 0. The molecule has 0 unspecified atom stereocenters. The number of halogens is 3. The Kier molecular flexibility index (Phi) is 7.11. The van der Waals surface area contributed by atoms with Crippen molar-refractivity contribution in [3.8, 4) is 0 Å². The minimum atomic E-state index is -2.47. The first-order chi connectivity index (χ1) is 5.06. The highest BCUT2D eigenvalue weighted by molar-refractivity contribution is 7.64. The number of ether oxygens (including phenoxy) is 2. The molecule has 0 bridgehead atoms. The first-order valence-electron chi connectivity index (χ1n) is 3.19. The van der Waals surface area contributed by atoms with Gasteiger partial charge in [0.2, 0.25) is 0 Å². The van der Waals surface area contributed by atoms with Crippen LogP contribution in [0, 0.1) is 0 Å². The fourth-order valence-electron chi connectivity index (χ4n) is 0.432. The van der Waals surface area contributed by atoms with Gasteiger partial charge in [-0.3, -0.25) is 0 Å². The smallest absolute Gasteiger partial charge is 0.343 e. The van der Waals surface area contributed by atoms with Crippen LogP contribution in [0.5, 0.6) is 0 Å². The summed E-state index contributed by atoms with van der Waals surface area (Å²) in [7, 11) is 1.62. The number of rotatable bonds is 6. The molecule has 0 N–H and O–H groups in total. The summed E-state index contributed by atoms with van der Waals surface area (Å²) in [6, 6.07) is -1.92. The second kappa shape index (κ2) is 6.52. The molecule has 0 aliphatic carbocycles. The van der Waals surface area contributed by atoms with Crippen molar-refractivity contribution in [2.45, 2.75) is 6.04 Å². The quantitative estimate of drug-likeness (QED) is 0.401. The largest absolute Gasteiger partial charge is 0.382 e. The van der Waals surface area contributed by atoms with Crippen LogP contribution < -0.4 is 0 Å². The van der Waals surface area contributed by atoms with Gasteiger partial charge in [0.15, 0.2) is 0 Å². The number of hydrogen-bond donors (Lipinski definition) is 0. The van der Waals surface area contributed by atoms with Crippen LogP contribution in [0.2, 0.25) is 6.04 Å². The van der Waals surface area contributed by atoms with Crippen molar-refractivity contribution in [1.82, 2.24) is 0 Å². The summed E-state index contributed by atoms with van der Waals surface area (Å²) in [6.07, 6.45) is 0. The van der Waals surface area contributed by atoms with Gasteiger partial charge in [0.25, 0.3) is 0 Å². The topological polar surface area (TPSA) is 18.5 Å². The van der Waals surface area contributed by atoms with Gasteiger partial charge in [-0.05, 0) is 0 Å². The van der Waals surface area contributed by atoms with Gasteiger partial charge in [0.1, 0.15) is 0 Å². The molecule has 6 heteroatoms. The summed E-state index contributed by atoms with van der Waals surface area (Å²) in [6.45, 7) is 1.65. The molecule has 68 valence electrons. The molecule has 2 nitrogen and oxygen atoms in total. The molecule has 11 heavy (non-hydrogen) atoms. The number of hydrogen-bond acceptors (Lipinski definition) is 2. The molecule has 0 aromatic heterocycles. The molecular formula is C5H11Cl3O2Si. The van der Waals surface area contributed by atoms with Gasteiger partial charge in [0, 0.05) is 19.8 Å². The summed E-state index contributed by atoms with van der Waals surface area (Å²) in [5, 5.41) is 0. The molecule has 0 saturated heterocycles. The fraction of sp³-hybridized carbons (Fsp3) is 1.00. The molecule has 0 fully saturated rings. The standard InChI is InChI=1S/C5H11Cl3O2Si/c1-9-2-3-10-4-5-11(6,7)8/h2-5H2,1H3. The van der Waals surface area contributed by atoms with Crippen molar-refractivity contribution in [2.75, 3.05) is 26.9 Å². The van der Waals surface area contributed by atoms with Crippen LogP contribution in [-0.2, 0) is 9.47 Å². The Morgan fingerprint density at radius 2 is 1.73 bits per heavy atom. The van der Waals surface area contributed by atoms with E-state index in [0.717, 1.165) is 0 Å². The van der Waals surface area contributed by atoms with Crippen LogP contribution in [0.3, 0.4) is 0 Å². The van der Waals surface area contributed by atoms with Gasteiger partial charge in [0.05, 0.1) is 13.2 Å². The Labute approximate surface area is 81.8 Å². The Balaban J connectivity index is 3.02. The highest BCUT2D eigenvalue weighted by atomic mass is 35.8. The van der Waals surface area contributed by atoms with Gasteiger partial charge in [-0.25, -0.2) is 0 Å². The average Bonchev–Trinajstić information content (AvgIpc) is 1.85.